The fourth-order valence-corrected chi connectivity index (χ4v) is 8.46. The van der Waals surface area contributed by atoms with Gasteiger partial charge in [-0.15, -0.1) is 0 Å². The Morgan fingerprint density at radius 3 is 2.57 bits per heavy atom. The summed E-state index contributed by atoms with van der Waals surface area (Å²) in [5.41, 5.74) is -2.04. The zero-order valence-corrected chi connectivity index (χ0v) is 16.4. The first kappa shape index (κ1) is 19.0. The van der Waals surface area contributed by atoms with Crippen LogP contribution < -0.4 is 0 Å². The number of aliphatic hydroxyl groups excluding tert-OH is 3. The molecule has 0 amide bonds. The topological polar surface area (TPSA) is 116 Å². The molecule has 0 aromatic heterocycles. The van der Waals surface area contributed by atoms with Gasteiger partial charge in [0.25, 0.3) is 6.47 Å². The van der Waals surface area contributed by atoms with Crippen LogP contribution in [0.3, 0.4) is 0 Å². The maximum Gasteiger partial charge on any atom is 0.293 e. The molecule has 6 fully saturated rings. The highest BCUT2D eigenvalue weighted by Crippen LogP contribution is 2.77. The lowest BCUT2D eigenvalue weighted by Gasteiger charge is -2.75. The molecule has 2 spiro atoms. The Morgan fingerprint density at radius 2 is 1.89 bits per heavy atom. The van der Waals surface area contributed by atoms with Crippen LogP contribution in [0, 0.1) is 34.0 Å². The Labute approximate surface area is 164 Å². The Balaban J connectivity index is 1.80. The van der Waals surface area contributed by atoms with Crippen molar-refractivity contribution in [3.63, 3.8) is 0 Å². The molecule has 6 aliphatic rings. The number of fused-ring (bicyclic) bond motifs is 2. The van der Waals surface area contributed by atoms with E-state index in [1.165, 1.54) is 0 Å². The van der Waals surface area contributed by atoms with E-state index in [0.29, 0.717) is 18.5 Å². The Bertz CT molecular complexity index is 736. The van der Waals surface area contributed by atoms with Gasteiger partial charge in [0.15, 0.2) is 0 Å². The summed E-state index contributed by atoms with van der Waals surface area (Å²) in [6.07, 6.45) is -1.37. The van der Waals surface area contributed by atoms with Crippen LogP contribution in [0.5, 0.6) is 0 Å². The van der Waals surface area contributed by atoms with Crippen LogP contribution in [-0.2, 0) is 14.3 Å². The van der Waals surface area contributed by atoms with Crippen molar-refractivity contribution in [3.8, 4) is 0 Å². The molecular formula is C21H30O7. The second-order valence-electron chi connectivity index (χ2n) is 10.4. The van der Waals surface area contributed by atoms with Gasteiger partial charge in [-0.3, -0.25) is 4.79 Å². The van der Waals surface area contributed by atoms with E-state index < -0.39 is 52.9 Å². The monoisotopic (exact) mass is 394 g/mol. The summed E-state index contributed by atoms with van der Waals surface area (Å²) in [6, 6.07) is 0. The zero-order chi connectivity index (χ0) is 20.3. The molecule has 10 atom stereocenters. The van der Waals surface area contributed by atoms with Crippen molar-refractivity contribution in [2.45, 2.75) is 69.7 Å². The molecule has 28 heavy (non-hydrogen) atoms. The third-order valence-electron chi connectivity index (χ3n) is 9.20. The lowest BCUT2D eigenvalue weighted by molar-refractivity contribution is -0.475. The molecule has 2 aliphatic heterocycles. The summed E-state index contributed by atoms with van der Waals surface area (Å²) in [5, 5.41) is 45.8. The summed E-state index contributed by atoms with van der Waals surface area (Å²) >= 11 is 0. The highest BCUT2D eigenvalue weighted by molar-refractivity contribution is 5.42. The second-order valence-corrected chi connectivity index (χ2v) is 10.4. The summed E-state index contributed by atoms with van der Waals surface area (Å²) < 4.78 is 11.5. The largest absolute Gasteiger partial charge is 0.464 e. The number of hydrogen-bond donors (Lipinski definition) is 4. The van der Waals surface area contributed by atoms with Gasteiger partial charge in [0.05, 0.1) is 24.2 Å². The Kier molecular flexibility index (Phi) is 3.65. The minimum Gasteiger partial charge on any atom is -0.464 e. The molecule has 6 rings (SSSR count). The van der Waals surface area contributed by atoms with Crippen molar-refractivity contribution in [2.75, 3.05) is 6.61 Å². The number of aliphatic hydroxyl groups is 4. The van der Waals surface area contributed by atoms with Crippen LogP contribution in [0.25, 0.3) is 0 Å². The van der Waals surface area contributed by atoms with Gasteiger partial charge in [-0.2, -0.15) is 0 Å². The predicted octanol–water partition coefficient (Wildman–Crippen LogP) is 0.348. The molecule has 2 saturated heterocycles. The molecule has 4 saturated carbocycles. The molecule has 0 radical (unpaired) electrons. The van der Waals surface area contributed by atoms with Gasteiger partial charge in [0.2, 0.25) is 5.79 Å². The summed E-state index contributed by atoms with van der Waals surface area (Å²) in [5.74, 6) is -3.50. The van der Waals surface area contributed by atoms with Crippen molar-refractivity contribution in [1.29, 1.82) is 0 Å². The molecule has 0 aromatic carbocycles. The summed E-state index contributed by atoms with van der Waals surface area (Å²) in [7, 11) is 0. The van der Waals surface area contributed by atoms with Gasteiger partial charge in [0, 0.05) is 23.2 Å². The molecular weight excluding hydrogens is 364 g/mol. The van der Waals surface area contributed by atoms with E-state index in [1.54, 1.807) is 0 Å². The summed E-state index contributed by atoms with van der Waals surface area (Å²) in [4.78, 5) is 11.3. The van der Waals surface area contributed by atoms with Crippen LogP contribution in [0.15, 0.2) is 12.2 Å². The van der Waals surface area contributed by atoms with E-state index in [0.717, 1.165) is 19.3 Å². The molecule has 0 unspecified atom stereocenters. The van der Waals surface area contributed by atoms with Crippen LogP contribution in [-0.4, -0.2) is 63.7 Å². The number of carbonyl (C=O) groups is 1. The van der Waals surface area contributed by atoms with E-state index in [2.05, 4.69) is 20.4 Å². The number of carbonyl (C=O) groups excluding carboxylic acids is 1. The van der Waals surface area contributed by atoms with E-state index in [4.69, 9.17) is 9.47 Å². The number of ether oxygens (including phenoxy) is 2. The molecule has 4 N–H and O–H groups in total. The number of rotatable bonds is 2. The summed E-state index contributed by atoms with van der Waals surface area (Å²) in [6.45, 7) is 8.76. The minimum absolute atomic E-state index is 0.205. The maximum absolute atomic E-state index is 11.8. The Hall–Kier alpha value is -0.990. The standard InChI is InChI=1S/C21H30O7/c1-10-11-7-12(27-9-22)13-19-6-4-5-18(2,3)14(19)17(25)21(26,28-8-19)20(13,15(10)23)16(11)24/h9,11-17,23-26H,1,4-8H2,2-3H3/t11-,12-,13-,14+,15+,16+,17-,19+,20-,21+/m0/s1. The molecule has 4 bridgehead atoms. The zero-order valence-electron chi connectivity index (χ0n) is 16.4. The average Bonchev–Trinajstić information content (AvgIpc) is 2.74. The van der Waals surface area contributed by atoms with Crippen molar-refractivity contribution < 1.29 is 34.7 Å². The second kappa shape index (κ2) is 5.38. The third kappa shape index (κ3) is 1.70. The van der Waals surface area contributed by atoms with Gasteiger partial charge in [0.1, 0.15) is 12.2 Å². The molecule has 7 nitrogen and oxygen atoms in total. The van der Waals surface area contributed by atoms with Gasteiger partial charge < -0.3 is 29.9 Å². The van der Waals surface area contributed by atoms with Crippen molar-refractivity contribution in [2.24, 2.45) is 34.0 Å². The molecule has 7 heteroatoms. The molecule has 4 aliphatic carbocycles. The van der Waals surface area contributed by atoms with Gasteiger partial charge in [-0.05, 0) is 30.3 Å². The van der Waals surface area contributed by atoms with Gasteiger partial charge >= 0.3 is 0 Å². The van der Waals surface area contributed by atoms with Crippen LogP contribution in [0.4, 0.5) is 0 Å². The highest BCUT2D eigenvalue weighted by atomic mass is 16.6. The maximum atomic E-state index is 11.8. The van der Waals surface area contributed by atoms with Gasteiger partial charge in [-0.25, -0.2) is 0 Å². The SMILES string of the molecule is C=C1[C@@H](O)[C@]23[C@H](O)[C@H]1C[C@H](OC=O)[C@H]2[C@]12CCCC(C)(C)[C@H]1[C@H](O)[C@@]3(O)OC2. The van der Waals surface area contributed by atoms with Crippen molar-refractivity contribution in [3.05, 3.63) is 12.2 Å². The molecule has 0 aromatic rings. The average molecular weight is 394 g/mol. The normalized spacial score (nSPS) is 58.8. The third-order valence-corrected chi connectivity index (χ3v) is 9.20. The lowest BCUT2D eigenvalue weighted by Crippen LogP contribution is -2.85. The predicted molar refractivity (Wildman–Crippen MR) is 96.6 cm³/mol. The van der Waals surface area contributed by atoms with E-state index >= 15 is 0 Å². The quantitative estimate of drug-likeness (QED) is 0.394. The van der Waals surface area contributed by atoms with E-state index in [9.17, 15) is 25.2 Å². The minimum atomic E-state index is -2.14. The molecule has 2 heterocycles. The van der Waals surface area contributed by atoms with E-state index in [1.807, 2.05) is 0 Å². The highest BCUT2D eigenvalue weighted by Gasteiger charge is 2.87. The first-order valence-electron chi connectivity index (χ1n) is 10.3. The van der Waals surface area contributed by atoms with Crippen molar-refractivity contribution in [1.82, 2.24) is 0 Å². The fraction of sp³-hybridized carbons (Fsp3) is 0.857. The van der Waals surface area contributed by atoms with Crippen LogP contribution in [0.1, 0.15) is 39.5 Å². The van der Waals surface area contributed by atoms with Crippen LogP contribution in [0.2, 0.25) is 0 Å². The first-order valence-corrected chi connectivity index (χ1v) is 10.3. The number of hydrogen-bond acceptors (Lipinski definition) is 7. The fourth-order valence-electron chi connectivity index (χ4n) is 8.46. The smallest absolute Gasteiger partial charge is 0.293 e. The van der Waals surface area contributed by atoms with E-state index in [-0.39, 0.29) is 17.9 Å². The van der Waals surface area contributed by atoms with Gasteiger partial charge in [-0.1, -0.05) is 26.8 Å². The van der Waals surface area contributed by atoms with Crippen molar-refractivity contribution >= 4 is 6.47 Å². The van der Waals surface area contributed by atoms with Crippen LogP contribution >= 0.6 is 0 Å². The first-order chi connectivity index (χ1) is 13.1. The lowest BCUT2D eigenvalue weighted by atomic mass is 9.35. The Morgan fingerprint density at radius 1 is 1.18 bits per heavy atom. The molecule has 156 valence electrons.